The second-order valence-corrected chi connectivity index (χ2v) is 5.85. The zero-order chi connectivity index (χ0) is 12.2. The van der Waals surface area contributed by atoms with E-state index in [1.54, 1.807) is 13.0 Å². The van der Waals surface area contributed by atoms with Crippen LogP contribution in [0.5, 0.6) is 0 Å². The average Bonchev–Trinajstić information content (AvgIpc) is 2.21. The molecule has 0 amide bonds. The molecule has 0 aliphatic heterocycles. The van der Waals surface area contributed by atoms with Gasteiger partial charge >= 0.3 is 29.6 Å². The molecule has 0 fully saturated rings. The fourth-order valence-electron chi connectivity index (χ4n) is 1.31. The molecule has 0 unspecified atom stereocenters. The summed E-state index contributed by atoms with van der Waals surface area (Å²) in [4.78, 5) is 3.98. The maximum atomic E-state index is 11.7. The summed E-state index contributed by atoms with van der Waals surface area (Å²) in [5.74, 6) is -0.0296. The van der Waals surface area contributed by atoms with E-state index in [0.29, 0.717) is 11.1 Å². The summed E-state index contributed by atoms with van der Waals surface area (Å²) in [6.07, 6.45) is 0. The molecular weight excluding hydrogens is 275 g/mol. The Balaban J connectivity index is 0.00000256. The molecule has 0 heterocycles. The first-order valence-corrected chi connectivity index (χ1v) is 6.83. The number of aryl methyl sites for hydroxylation is 1. The van der Waals surface area contributed by atoms with Crippen molar-refractivity contribution in [2.45, 2.75) is 18.4 Å². The quantitative estimate of drug-likeness (QED) is 0.267. The molecule has 0 aliphatic rings. The smallest absolute Gasteiger partial charge is 0.723 e. The van der Waals surface area contributed by atoms with Crippen LogP contribution in [0.4, 0.5) is 0 Å². The Hall–Kier alpha value is 0.380. The van der Waals surface area contributed by atoms with Gasteiger partial charge in [-0.15, -0.1) is 11.6 Å². The Morgan fingerprint density at radius 3 is 2.53 bits per heavy atom. The summed E-state index contributed by atoms with van der Waals surface area (Å²) in [6, 6.07) is 4.56. The molecule has 0 atom stereocenters. The Labute approximate surface area is 128 Å². The Bertz CT molecular complexity index is 461. The topological polar surface area (TPSA) is 66.4 Å². The first kappa shape index (κ1) is 17.4. The van der Waals surface area contributed by atoms with Crippen molar-refractivity contribution < 1.29 is 48.1 Å². The van der Waals surface area contributed by atoms with Gasteiger partial charge in [0.25, 0.3) is 0 Å². The molecule has 1 aromatic carbocycles. The van der Waals surface area contributed by atoms with Gasteiger partial charge < -0.3 is 10.1 Å². The van der Waals surface area contributed by atoms with Crippen LogP contribution in [-0.4, -0.2) is 20.1 Å². The van der Waals surface area contributed by atoms with E-state index in [4.69, 9.17) is 11.6 Å². The van der Waals surface area contributed by atoms with Gasteiger partial charge in [-0.25, -0.2) is 8.42 Å². The molecule has 0 aromatic heterocycles. The van der Waals surface area contributed by atoms with E-state index in [1.165, 1.54) is 12.1 Å². The second-order valence-electron chi connectivity index (χ2n) is 3.36. The molecule has 0 saturated heterocycles. The fourth-order valence-corrected chi connectivity index (χ4v) is 2.99. The van der Waals surface area contributed by atoms with Gasteiger partial charge in [0.15, 0.2) is 9.84 Å². The maximum absolute atomic E-state index is 11.7. The number of halogens is 1. The van der Waals surface area contributed by atoms with Crippen LogP contribution in [0.15, 0.2) is 23.1 Å². The van der Waals surface area contributed by atoms with Gasteiger partial charge in [0.05, 0.1) is 17.3 Å². The molecular formula is C10H12ClNaO4S. The van der Waals surface area contributed by atoms with E-state index in [2.05, 4.69) is 4.89 Å². The molecule has 1 aromatic rings. The minimum absolute atomic E-state index is 0. The Morgan fingerprint density at radius 1 is 1.41 bits per heavy atom. The summed E-state index contributed by atoms with van der Waals surface area (Å²) in [5.41, 5.74) is 1.39. The van der Waals surface area contributed by atoms with E-state index in [9.17, 15) is 13.7 Å². The fraction of sp³-hybridized carbons (Fsp3) is 0.400. The monoisotopic (exact) mass is 286 g/mol. The van der Waals surface area contributed by atoms with Crippen molar-refractivity contribution in [2.24, 2.45) is 0 Å². The molecule has 7 heteroatoms. The van der Waals surface area contributed by atoms with Gasteiger partial charge in [-0.05, 0) is 30.2 Å². The van der Waals surface area contributed by atoms with Crippen LogP contribution in [0.2, 0.25) is 0 Å². The van der Waals surface area contributed by atoms with E-state index >= 15 is 0 Å². The minimum Gasteiger partial charge on any atom is -0.723 e. The number of alkyl halides is 1. The molecule has 0 bridgehead atoms. The van der Waals surface area contributed by atoms with Gasteiger partial charge in [0, 0.05) is 5.88 Å². The molecule has 90 valence electrons. The van der Waals surface area contributed by atoms with Crippen LogP contribution in [0.25, 0.3) is 0 Å². The molecule has 1 rings (SSSR count). The van der Waals surface area contributed by atoms with Crippen molar-refractivity contribution in [3.8, 4) is 0 Å². The third-order valence-electron chi connectivity index (χ3n) is 2.23. The number of hydrogen-bond donors (Lipinski definition) is 0. The van der Waals surface area contributed by atoms with Crippen LogP contribution in [0.1, 0.15) is 11.1 Å². The normalized spacial score (nSPS) is 11.0. The van der Waals surface area contributed by atoms with Crippen LogP contribution in [0.3, 0.4) is 0 Å². The van der Waals surface area contributed by atoms with Crippen molar-refractivity contribution in [3.05, 3.63) is 29.3 Å². The summed E-state index contributed by atoms with van der Waals surface area (Å²) < 4.78 is 23.4. The minimum atomic E-state index is -3.32. The first-order valence-electron chi connectivity index (χ1n) is 4.64. The van der Waals surface area contributed by atoms with Crippen LogP contribution < -0.4 is 34.8 Å². The standard InChI is InChI=1S/C10H13ClO4S.Na/c1-8-6-10(16(13,14)5-4-11)3-2-9(8)7-15-12;/h2-3,6,12H,4-5,7H2,1H3;/q;+1/p-1. The van der Waals surface area contributed by atoms with Crippen molar-refractivity contribution in [3.63, 3.8) is 0 Å². The summed E-state index contributed by atoms with van der Waals surface area (Å²) in [7, 11) is -3.32. The van der Waals surface area contributed by atoms with Gasteiger partial charge in [-0.3, -0.25) is 0 Å². The van der Waals surface area contributed by atoms with Crippen molar-refractivity contribution in [1.82, 2.24) is 0 Å². The van der Waals surface area contributed by atoms with Crippen LogP contribution >= 0.6 is 11.6 Å². The molecule has 0 saturated carbocycles. The molecule has 4 nitrogen and oxygen atoms in total. The molecule has 0 aliphatic carbocycles. The average molecular weight is 287 g/mol. The summed E-state index contributed by atoms with van der Waals surface area (Å²) >= 11 is 5.42. The Morgan fingerprint density at radius 2 is 2.06 bits per heavy atom. The number of benzene rings is 1. The molecule has 0 radical (unpaired) electrons. The van der Waals surface area contributed by atoms with Crippen LogP contribution in [0, 0.1) is 6.92 Å². The molecule has 0 spiro atoms. The first-order chi connectivity index (χ1) is 7.51. The molecule has 17 heavy (non-hydrogen) atoms. The zero-order valence-corrected chi connectivity index (χ0v) is 13.3. The van der Waals surface area contributed by atoms with Gasteiger partial charge in [0.2, 0.25) is 0 Å². The van der Waals surface area contributed by atoms with Gasteiger partial charge in [-0.2, -0.15) is 0 Å². The third kappa shape index (κ3) is 4.87. The van der Waals surface area contributed by atoms with Gasteiger partial charge in [-0.1, -0.05) is 6.07 Å². The predicted molar refractivity (Wildman–Crippen MR) is 58.7 cm³/mol. The van der Waals surface area contributed by atoms with Crippen molar-refractivity contribution >= 4 is 21.4 Å². The largest absolute Gasteiger partial charge is 1.00 e. The van der Waals surface area contributed by atoms with E-state index in [1.807, 2.05) is 0 Å². The predicted octanol–water partition coefficient (Wildman–Crippen LogP) is -2.20. The number of sulfone groups is 1. The number of hydrogen-bond acceptors (Lipinski definition) is 4. The van der Waals surface area contributed by atoms with Crippen molar-refractivity contribution in [1.29, 1.82) is 0 Å². The third-order valence-corrected chi connectivity index (χ3v) is 4.36. The Kier molecular flexibility index (Phi) is 7.91. The van der Waals surface area contributed by atoms with Crippen LogP contribution in [-0.2, 0) is 21.3 Å². The van der Waals surface area contributed by atoms with E-state index in [0.717, 1.165) is 0 Å². The second kappa shape index (κ2) is 7.74. The summed E-state index contributed by atoms with van der Waals surface area (Å²) in [5, 5.41) is 10.0. The van der Waals surface area contributed by atoms with E-state index < -0.39 is 9.84 Å². The zero-order valence-electron chi connectivity index (χ0n) is 9.77. The maximum Gasteiger partial charge on any atom is 1.00 e. The number of rotatable bonds is 5. The van der Waals surface area contributed by atoms with Gasteiger partial charge in [0.1, 0.15) is 0 Å². The molecule has 0 N–H and O–H groups in total. The van der Waals surface area contributed by atoms with Crippen molar-refractivity contribution in [2.75, 3.05) is 11.6 Å². The van der Waals surface area contributed by atoms with E-state index in [-0.39, 0.29) is 52.7 Å². The summed E-state index contributed by atoms with van der Waals surface area (Å²) in [6.45, 7) is 1.66. The SMILES string of the molecule is Cc1cc(S(=O)(=O)CCCl)ccc1CO[O-].[Na+].